The van der Waals surface area contributed by atoms with Gasteiger partial charge in [-0.2, -0.15) is 0 Å². The van der Waals surface area contributed by atoms with Gasteiger partial charge < -0.3 is 15.2 Å². The molecule has 1 heterocycles. The Balaban J connectivity index is 1.88. The molecular weight excluding hydrogens is 338 g/mol. The molecule has 140 valence electrons. The lowest BCUT2D eigenvalue weighted by Gasteiger charge is -2.17. The Bertz CT molecular complexity index is 993. The molecule has 2 aromatic carbocycles. The van der Waals surface area contributed by atoms with E-state index in [-0.39, 0.29) is 17.6 Å². The topological polar surface area (TPSA) is 63.1 Å². The zero-order valence-electron chi connectivity index (χ0n) is 15.9. The summed E-state index contributed by atoms with van der Waals surface area (Å²) in [5.74, 6) is 0.323. The van der Waals surface area contributed by atoms with Crippen molar-refractivity contribution in [1.29, 1.82) is 0 Å². The van der Waals surface area contributed by atoms with Crippen LogP contribution in [0.5, 0.6) is 0 Å². The second-order valence-corrected chi connectivity index (χ2v) is 7.17. The lowest BCUT2D eigenvalue weighted by Crippen LogP contribution is -2.32. The van der Waals surface area contributed by atoms with E-state index in [0.717, 1.165) is 10.9 Å². The van der Waals surface area contributed by atoms with Crippen LogP contribution in [0.4, 0.5) is 10.5 Å². The van der Waals surface area contributed by atoms with E-state index in [1.54, 1.807) is 16.8 Å². The van der Waals surface area contributed by atoms with Crippen molar-refractivity contribution in [3.05, 3.63) is 76.7 Å². The lowest BCUT2D eigenvalue weighted by atomic mass is 10.1. The number of amides is 2. The summed E-state index contributed by atoms with van der Waals surface area (Å²) in [5, 5.41) is 7.21. The van der Waals surface area contributed by atoms with Crippen molar-refractivity contribution >= 4 is 22.5 Å². The van der Waals surface area contributed by atoms with Gasteiger partial charge in [0.2, 0.25) is 0 Å². The average Bonchev–Trinajstić information content (AvgIpc) is 2.66. The third kappa shape index (κ3) is 4.37. The number of carbonyl (C=O) groups excluding carboxylic acids is 1. The number of urea groups is 1. The molecule has 1 aromatic heterocycles. The molecule has 0 aliphatic heterocycles. The van der Waals surface area contributed by atoms with Gasteiger partial charge in [-0.15, -0.1) is 0 Å². The van der Waals surface area contributed by atoms with Crippen molar-refractivity contribution in [2.75, 3.05) is 5.32 Å². The van der Waals surface area contributed by atoms with Crippen LogP contribution in [0.25, 0.3) is 10.8 Å². The molecule has 5 nitrogen and oxygen atoms in total. The van der Waals surface area contributed by atoms with Gasteiger partial charge in [-0.05, 0) is 24.5 Å². The van der Waals surface area contributed by atoms with Crippen molar-refractivity contribution in [1.82, 2.24) is 9.88 Å². The minimum atomic E-state index is -0.300. The number of nitrogens with zero attached hydrogens (tertiary/aromatic N) is 1. The minimum absolute atomic E-state index is 0.0390. The van der Waals surface area contributed by atoms with E-state index in [2.05, 4.69) is 24.5 Å². The van der Waals surface area contributed by atoms with Crippen molar-refractivity contribution in [3.63, 3.8) is 0 Å². The molecule has 2 N–H and O–H groups in total. The number of rotatable bonds is 5. The van der Waals surface area contributed by atoms with E-state index < -0.39 is 0 Å². The van der Waals surface area contributed by atoms with E-state index in [4.69, 9.17) is 0 Å². The molecule has 1 atom stereocenters. The van der Waals surface area contributed by atoms with Crippen LogP contribution in [-0.2, 0) is 6.54 Å². The Labute approximate surface area is 159 Å². The SMILES string of the molecule is CC(C)Cn1cc(NC(=O)N[C@H](C)c2ccccc2)c2ccccc2c1=O. The molecule has 3 aromatic rings. The lowest BCUT2D eigenvalue weighted by molar-refractivity contribution is 0.249. The predicted molar refractivity (Wildman–Crippen MR) is 110 cm³/mol. The molecule has 0 aliphatic carbocycles. The third-order valence-electron chi connectivity index (χ3n) is 4.45. The fourth-order valence-corrected chi connectivity index (χ4v) is 3.15. The molecule has 0 fully saturated rings. The first-order valence-electron chi connectivity index (χ1n) is 9.20. The number of hydrogen-bond acceptors (Lipinski definition) is 2. The van der Waals surface area contributed by atoms with Crippen LogP contribution in [0.1, 0.15) is 32.4 Å². The van der Waals surface area contributed by atoms with Gasteiger partial charge in [0.05, 0.1) is 11.7 Å². The number of carbonyl (C=O) groups is 1. The van der Waals surface area contributed by atoms with E-state index in [1.165, 1.54) is 0 Å². The van der Waals surface area contributed by atoms with Crippen LogP contribution in [-0.4, -0.2) is 10.6 Å². The largest absolute Gasteiger partial charge is 0.331 e. The van der Waals surface area contributed by atoms with Crippen molar-refractivity contribution < 1.29 is 4.79 Å². The Kier molecular flexibility index (Phi) is 5.60. The molecule has 5 heteroatoms. The summed E-state index contributed by atoms with van der Waals surface area (Å²) in [4.78, 5) is 25.2. The Morgan fingerprint density at radius 2 is 1.59 bits per heavy atom. The van der Waals surface area contributed by atoms with E-state index in [0.29, 0.717) is 23.5 Å². The number of aromatic nitrogens is 1. The highest BCUT2D eigenvalue weighted by Crippen LogP contribution is 2.21. The third-order valence-corrected chi connectivity index (χ3v) is 4.45. The number of benzene rings is 2. The van der Waals surface area contributed by atoms with E-state index in [9.17, 15) is 9.59 Å². The second kappa shape index (κ2) is 8.08. The van der Waals surface area contributed by atoms with Gasteiger partial charge in [0.1, 0.15) is 0 Å². The predicted octanol–water partition coefficient (Wildman–Crippen LogP) is 4.54. The van der Waals surface area contributed by atoms with Crippen LogP contribution < -0.4 is 16.2 Å². The zero-order chi connectivity index (χ0) is 19.4. The Morgan fingerprint density at radius 3 is 2.26 bits per heavy atom. The highest BCUT2D eigenvalue weighted by atomic mass is 16.2. The normalized spacial score (nSPS) is 12.1. The standard InChI is InChI=1S/C22H25N3O2/c1-15(2)13-25-14-20(18-11-7-8-12-19(18)21(25)26)24-22(27)23-16(3)17-9-5-4-6-10-17/h4-12,14-16H,13H2,1-3H3,(H2,23,24,27)/t16-/m1/s1. The van der Waals surface area contributed by atoms with Crippen LogP contribution >= 0.6 is 0 Å². The summed E-state index contributed by atoms with van der Waals surface area (Å²) in [7, 11) is 0. The van der Waals surface area contributed by atoms with Gasteiger partial charge in [0.25, 0.3) is 5.56 Å². The number of fused-ring (bicyclic) bond motifs is 1. The maximum Gasteiger partial charge on any atom is 0.319 e. The Hall–Kier alpha value is -3.08. The first-order valence-corrected chi connectivity index (χ1v) is 9.20. The molecule has 0 radical (unpaired) electrons. The summed E-state index contributed by atoms with van der Waals surface area (Å²) in [5.41, 5.74) is 1.62. The maximum absolute atomic E-state index is 12.7. The van der Waals surface area contributed by atoms with Crippen LogP contribution in [0.2, 0.25) is 0 Å². The number of nitrogens with one attached hydrogen (secondary N) is 2. The van der Waals surface area contributed by atoms with Crippen molar-refractivity contribution in [2.45, 2.75) is 33.4 Å². The van der Waals surface area contributed by atoms with Gasteiger partial charge in [-0.3, -0.25) is 4.79 Å². The highest BCUT2D eigenvalue weighted by molar-refractivity contribution is 6.01. The molecular formula is C22H25N3O2. The van der Waals surface area contributed by atoms with Gasteiger partial charge in [-0.25, -0.2) is 4.79 Å². The summed E-state index contributed by atoms with van der Waals surface area (Å²) < 4.78 is 1.67. The summed E-state index contributed by atoms with van der Waals surface area (Å²) in [6.45, 7) is 6.65. The van der Waals surface area contributed by atoms with Crippen molar-refractivity contribution in [3.8, 4) is 0 Å². The van der Waals surface area contributed by atoms with Gasteiger partial charge >= 0.3 is 6.03 Å². The van der Waals surface area contributed by atoms with Crippen molar-refractivity contribution in [2.24, 2.45) is 5.92 Å². The molecule has 0 bridgehead atoms. The van der Waals surface area contributed by atoms with Crippen LogP contribution in [0, 0.1) is 5.92 Å². The first-order chi connectivity index (χ1) is 13.0. The molecule has 0 saturated heterocycles. The molecule has 0 spiro atoms. The quantitative estimate of drug-likeness (QED) is 0.699. The zero-order valence-corrected chi connectivity index (χ0v) is 15.9. The van der Waals surface area contributed by atoms with E-state index in [1.807, 2.05) is 55.5 Å². The number of pyridine rings is 1. The summed E-state index contributed by atoms with van der Waals surface area (Å²) in [6.07, 6.45) is 1.73. The fourth-order valence-electron chi connectivity index (χ4n) is 3.15. The maximum atomic E-state index is 12.7. The monoisotopic (exact) mass is 363 g/mol. The van der Waals surface area contributed by atoms with Crippen LogP contribution in [0.15, 0.2) is 65.6 Å². The van der Waals surface area contributed by atoms with Gasteiger partial charge in [0.15, 0.2) is 0 Å². The summed E-state index contributed by atoms with van der Waals surface area (Å²) in [6, 6.07) is 16.7. The van der Waals surface area contributed by atoms with Gasteiger partial charge in [-0.1, -0.05) is 62.4 Å². The molecule has 0 unspecified atom stereocenters. The van der Waals surface area contributed by atoms with Gasteiger partial charge in [0, 0.05) is 23.5 Å². The average molecular weight is 363 g/mol. The molecule has 3 rings (SSSR count). The first kappa shape index (κ1) is 18.7. The molecule has 0 aliphatic rings. The molecule has 27 heavy (non-hydrogen) atoms. The fraction of sp³-hybridized carbons (Fsp3) is 0.273. The summed E-state index contributed by atoms with van der Waals surface area (Å²) >= 11 is 0. The highest BCUT2D eigenvalue weighted by Gasteiger charge is 2.13. The number of hydrogen-bond donors (Lipinski definition) is 2. The molecule has 0 saturated carbocycles. The van der Waals surface area contributed by atoms with E-state index >= 15 is 0 Å². The van der Waals surface area contributed by atoms with Crippen LogP contribution in [0.3, 0.4) is 0 Å². The molecule has 2 amide bonds. The minimum Gasteiger partial charge on any atom is -0.331 e. The second-order valence-electron chi connectivity index (χ2n) is 7.17. The Morgan fingerprint density at radius 1 is 0.963 bits per heavy atom. The number of anilines is 1. The smallest absolute Gasteiger partial charge is 0.319 e.